The number of carbonyl (C=O) groups excluding carboxylic acids is 1. The van der Waals surface area contributed by atoms with Crippen molar-refractivity contribution in [3.05, 3.63) is 41.6 Å². The van der Waals surface area contributed by atoms with Crippen LogP contribution >= 0.6 is 0 Å². The summed E-state index contributed by atoms with van der Waals surface area (Å²) in [6.07, 6.45) is 2.23. The van der Waals surface area contributed by atoms with Gasteiger partial charge in [0.05, 0.1) is 12.8 Å². The Labute approximate surface area is 113 Å². The molecule has 0 aliphatic carbocycles. The molecule has 1 aliphatic rings. The van der Waals surface area contributed by atoms with Gasteiger partial charge in [-0.15, -0.1) is 0 Å². The molecule has 0 atom stereocenters. The Morgan fingerprint density at radius 3 is 3.00 bits per heavy atom. The topological polar surface area (TPSA) is 56.2 Å². The van der Waals surface area contributed by atoms with Gasteiger partial charge in [-0.1, -0.05) is 0 Å². The maximum absolute atomic E-state index is 13.1. The Balaban J connectivity index is 1.82. The van der Waals surface area contributed by atoms with Crippen molar-refractivity contribution in [2.24, 2.45) is 0 Å². The number of halogens is 2. The van der Waals surface area contributed by atoms with Crippen molar-refractivity contribution in [1.29, 1.82) is 0 Å². The molecule has 0 spiro atoms. The van der Waals surface area contributed by atoms with E-state index >= 15 is 0 Å². The zero-order chi connectivity index (χ0) is 14.1. The lowest BCUT2D eigenvalue weighted by molar-refractivity contribution is 0.102. The number of anilines is 1. The van der Waals surface area contributed by atoms with Crippen molar-refractivity contribution in [2.45, 2.75) is 13.0 Å². The molecule has 2 heterocycles. The van der Waals surface area contributed by atoms with Crippen LogP contribution in [0.5, 0.6) is 5.88 Å². The predicted octanol–water partition coefficient (Wildman–Crippen LogP) is 2.20. The van der Waals surface area contributed by atoms with Crippen molar-refractivity contribution >= 4 is 11.6 Å². The molecule has 1 amide bonds. The van der Waals surface area contributed by atoms with Crippen LogP contribution in [0.25, 0.3) is 0 Å². The molecule has 5 nitrogen and oxygen atoms in total. The van der Waals surface area contributed by atoms with Crippen molar-refractivity contribution < 1.29 is 18.3 Å². The van der Waals surface area contributed by atoms with E-state index in [-0.39, 0.29) is 11.3 Å². The van der Waals surface area contributed by atoms with Crippen molar-refractivity contribution in [3.8, 4) is 5.88 Å². The van der Waals surface area contributed by atoms with Crippen LogP contribution in [0.15, 0.2) is 24.4 Å². The van der Waals surface area contributed by atoms with E-state index in [4.69, 9.17) is 4.74 Å². The van der Waals surface area contributed by atoms with Gasteiger partial charge in [0, 0.05) is 24.7 Å². The lowest BCUT2D eigenvalue weighted by Gasteiger charge is -2.15. The third-order valence-corrected chi connectivity index (χ3v) is 2.97. The minimum absolute atomic E-state index is 0.171. The number of hydrogen-bond donors (Lipinski definition) is 1. The van der Waals surface area contributed by atoms with Gasteiger partial charge in [0.15, 0.2) is 11.6 Å². The quantitative estimate of drug-likeness (QED) is 0.916. The number of fused-ring (bicyclic) bond motifs is 1. The van der Waals surface area contributed by atoms with Crippen LogP contribution in [-0.4, -0.2) is 22.3 Å². The van der Waals surface area contributed by atoms with E-state index in [0.717, 1.165) is 18.6 Å². The molecule has 0 bridgehead atoms. The number of nitrogens with zero attached hydrogens (tertiary/aromatic N) is 2. The molecule has 2 aromatic rings. The highest BCUT2D eigenvalue weighted by molar-refractivity contribution is 6.05. The average molecular weight is 279 g/mol. The molecule has 104 valence electrons. The molecule has 0 radical (unpaired) electrons. The van der Waals surface area contributed by atoms with Crippen LogP contribution in [0.3, 0.4) is 0 Å². The first-order valence-electron chi connectivity index (χ1n) is 6.10. The molecule has 0 saturated carbocycles. The maximum Gasteiger partial charge on any atom is 0.262 e. The fourth-order valence-electron chi connectivity index (χ4n) is 2.00. The zero-order valence-electron chi connectivity index (χ0n) is 10.4. The standard InChI is InChI=1S/C13H11F2N3O2/c14-10-3-2-8(6-11(10)15)17-12(19)9-7-16-18-4-1-5-20-13(9)18/h2-3,6-7H,1,4-5H2,(H,17,19). The van der Waals surface area contributed by atoms with Crippen LogP contribution in [0.1, 0.15) is 16.8 Å². The molecule has 0 fully saturated rings. The fraction of sp³-hybridized carbons (Fsp3) is 0.231. The summed E-state index contributed by atoms with van der Waals surface area (Å²) in [6, 6.07) is 3.16. The number of nitrogens with one attached hydrogen (secondary N) is 1. The number of aromatic nitrogens is 2. The Morgan fingerprint density at radius 1 is 1.35 bits per heavy atom. The van der Waals surface area contributed by atoms with Gasteiger partial charge in [0.2, 0.25) is 5.88 Å². The lowest BCUT2D eigenvalue weighted by atomic mass is 10.2. The summed E-state index contributed by atoms with van der Waals surface area (Å²) in [5.74, 6) is -2.05. The largest absolute Gasteiger partial charge is 0.477 e. The summed E-state index contributed by atoms with van der Waals surface area (Å²) in [5, 5.41) is 6.53. The van der Waals surface area contributed by atoms with E-state index in [1.165, 1.54) is 12.3 Å². The van der Waals surface area contributed by atoms with Gasteiger partial charge in [-0.3, -0.25) is 4.79 Å². The highest BCUT2D eigenvalue weighted by atomic mass is 19.2. The summed E-state index contributed by atoms with van der Waals surface area (Å²) in [5.41, 5.74) is 0.444. The van der Waals surface area contributed by atoms with E-state index < -0.39 is 17.5 Å². The Morgan fingerprint density at radius 2 is 2.20 bits per heavy atom. The first-order chi connectivity index (χ1) is 9.65. The van der Waals surface area contributed by atoms with Crippen LogP contribution < -0.4 is 10.1 Å². The smallest absolute Gasteiger partial charge is 0.262 e. The number of rotatable bonds is 2. The van der Waals surface area contributed by atoms with Crippen molar-refractivity contribution in [3.63, 3.8) is 0 Å². The molecular weight excluding hydrogens is 268 g/mol. The molecule has 1 aromatic heterocycles. The third kappa shape index (κ3) is 2.22. The van der Waals surface area contributed by atoms with Gasteiger partial charge in [0.1, 0.15) is 5.56 Å². The second-order valence-corrected chi connectivity index (χ2v) is 4.37. The van der Waals surface area contributed by atoms with Gasteiger partial charge < -0.3 is 10.1 Å². The second-order valence-electron chi connectivity index (χ2n) is 4.37. The number of benzene rings is 1. The predicted molar refractivity (Wildman–Crippen MR) is 66.7 cm³/mol. The van der Waals surface area contributed by atoms with Crippen LogP contribution in [-0.2, 0) is 6.54 Å². The average Bonchev–Trinajstić information content (AvgIpc) is 2.87. The molecule has 1 aliphatic heterocycles. The summed E-state index contributed by atoms with van der Waals surface area (Å²) >= 11 is 0. The number of carbonyl (C=O) groups is 1. The van der Waals surface area contributed by atoms with Crippen LogP contribution in [0.2, 0.25) is 0 Å². The summed E-state index contributed by atoms with van der Waals surface area (Å²) in [4.78, 5) is 12.1. The molecule has 3 rings (SSSR count). The third-order valence-electron chi connectivity index (χ3n) is 2.97. The van der Waals surface area contributed by atoms with E-state index in [1.807, 2.05) is 0 Å². The number of amides is 1. The van der Waals surface area contributed by atoms with Gasteiger partial charge in [0.25, 0.3) is 5.91 Å². The van der Waals surface area contributed by atoms with Gasteiger partial charge in [-0.05, 0) is 12.1 Å². The molecular formula is C13H11F2N3O2. The Kier molecular flexibility index (Phi) is 3.09. The van der Waals surface area contributed by atoms with Crippen molar-refractivity contribution in [1.82, 2.24) is 9.78 Å². The molecule has 1 N–H and O–H groups in total. The first kappa shape index (κ1) is 12.6. The van der Waals surface area contributed by atoms with Crippen LogP contribution in [0.4, 0.5) is 14.5 Å². The fourth-order valence-corrected chi connectivity index (χ4v) is 2.00. The summed E-state index contributed by atoms with van der Waals surface area (Å²) < 4.78 is 32.9. The van der Waals surface area contributed by atoms with Gasteiger partial charge >= 0.3 is 0 Å². The van der Waals surface area contributed by atoms with E-state index in [1.54, 1.807) is 4.68 Å². The number of ether oxygens (including phenoxy) is 1. The molecule has 7 heteroatoms. The van der Waals surface area contributed by atoms with E-state index in [9.17, 15) is 13.6 Å². The molecule has 0 unspecified atom stereocenters. The highest BCUT2D eigenvalue weighted by Gasteiger charge is 2.21. The Hall–Kier alpha value is -2.44. The monoisotopic (exact) mass is 279 g/mol. The number of aryl methyl sites for hydroxylation is 1. The van der Waals surface area contributed by atoms with E-state index in [0.29, 0.717) is 19.0 Å². The summed E-state index contributed by atoms with van der Waals surface area (Å²) in [7, 11) is 0. The molecule has 0 saturated heterocycles. The van der Waals surface area contributed by atoms with E-state index in [2.05, 4.69) is 10.4 Å². The lowest BCUT2D eigenvalue weighted by Crippen LogP contribution is -2.18. The van der Waals surface area contributed by atoms with Crippen molar-refractivity contribution in [2.75, 3.05) is 11.9 Å². The number of hydrogen-bond acceptors (Lipinski definition) is 3. The maximum atomic E-state index is 13.1. The second kappa shape index (κ2) is 4.92. The Bertz CT molecular complexity index is 670. The first-order valence-corrected chi connectivity index (χ1v) is 6.10. The van der Waals surface area contributed by atoms with Crippen LogP contribution in [0, 0.1) is 11.6 Å². The zero-order valence-corrected chi connectivity index (χ0v) is 10.4. The minimum atomic E-state index is -1.02. The molecule has 1 aromatic carbocycles. The normalized spacial score (nSPS) is 13.5. The van der Waals surface area contributed by atoms with Gasteiger partial charge in [-0.2, -0.15) is 5.10 Å². The van der Waals surface area contributed by atoms with Gasteiger partial charge in [-0.25, -0.2) is 13.5 Å². The highest BCUT2D eigenvalue weighted by Crippen LogP contribution is 2.23. The SMILES string of the molecule is O=C(Nc1ccc(F)c(F)c1)c1cnn2c1OCCC2. The summed E-state index contributed by atoms with van der Waals surface area (Å²) in [6.45, 7) is 1.21. The minimum Gasteiger partial charge on any atom is -0.477 e. The molecule has 20 heavy (non-hydrogen) atoms.